The molecule has 0 aliphatic rings. The number of esters is 1. The second-order valence-electron chi connectivity index (χ2n) is 4.43. The second kappa shape index (κ2) is 6.42. The van der Waals surface area contributed by atoms with Gasteiger partial charge in [-0.15, -0.1) is 6.58 Å². The van der Waals surface area contributed by atoms with Crippen molar-refractivity contribution >= 4 is 40.1 Å². The van der Waals surface area contributed by atoms with Crippen molar-refractivity contribution in [3.05, 3.63) is 50.8 Å². The molecule has 1 aromatic heterocycles. The number of aromatic nitrogens is 1. The van der Waals surface area contributed by atoms with E-state index in [1.807, 2.05) is 0 Å². The number of carbonyl (C=O) groups excluding carboxylic acids is 1. The van der Waals surface area contributed by atoms with E-state index in [1.54, 1.807) is 6.92 Å². The molecule has 0 bridgehead atoms. The van der Waals surface area contributed by atoms with Gasteiger partial charge in [-0.2, -0.15) is 0 Å². The zero-order valence-corrected chi connectivity index (χ0v) is 13.2. The lowest BCUT2D eigenvalue weighted by atomic mass is 10.1. The normalized spacial score (nSPS) is 10.7. The molecule has 5 nitrogen and oxygen atoms in total. The highest BCUT2D eigenvalue weighted by atomic mass is 35.5. The first-order chi connectivity index (χ1) is 10.4. The zero-order valence-electron chi connectivity index (χ0n) is 11.7. The van der Waals surface area contributed by atoms with Crippen molar-refractivity contribution in [2.75, 3.05) is 6.61 Å². The first kappa shape index (κ1) is 16.4. The van der Waals surface area contributed by atoms with E-state index in [0.717, 1.165) is 0 Å². The van der Waals surface area contributed by atoms with Crippen LogP contribution in [0.4, 0.5) is 0 Å². The van der Waals surface area contributed by atoms with Gasteiger partial charge in [-0.3, -0.25) is 4.79 Å². The molecule has 0 spiro atoms. The Bertz CT molecular complexity index is 827. The Morgan fingerprint density at radius 1 is 1.41 bits per heavy atom. The molecule has 0 unspecified atom stereocenters. The maximum Gasteiger partial charge on any atom is 0.347 e. The molecular formula is C15H13Cl2NO4. The Labute approximate surface area is 136 Å². The van der Waals surface area contributed by atoms with Gasteiger partial charge in [-0.1, -0.05) is 29.3 Å². The molecule has 0 radical (unpaired) electrons. The number of rotatable bonds is 4. The monoisotopic (exact) mass is 341 g/mol. The Morgan fingerprint density at radius 2 is 2.05 bits per heavy atom. The average molecular weight is 342 g/mol. The van der Waals surface area contributed by atoms with Gasteiger partial charge in [0, 0.05) is 11.9 Å². The maximum atomic E-state index is 12.5. The van der Waals surface area contributed by atoms with E-state index in [9.17, 15) is 14.7 Å². The fourth-order valence-electron chi connectivity index (χ4n) is 2.13. The molecule has 0 atom stereocenters. The van der Waals surface area contributed by atoms with Crippen molar-refractivity contribution in [3.63, 3.8) is 0 Å². The van der Waals surface area contributed by atoms with E-state index < -0.39 is 22.8 Å². The van der Waals surface area contributed by atoms with Crippen molar-refractivity contribution < 1.29 is 14.6 Å². The van der Waals surface area contributed by atoms with Crippen LogP contribution in [0.25, 0.3) is 10.9 Å². The Hall–Kier alpha value is -1.98. The molecule has 2 rings (SSSR count). The first-order valence-corrected chi connectivity index (χ1v) is 7.20. The summed E-state index contributed by atoms with van der Waals surface area (Å²) in [7, 11) is 0. The minimum atomic E-state index is -0.893. The van der Waals surface area contributed by atoms with Gasteiger partial charge in [0.05, 0.1) is 22.2 Å². The predicted octanol–water partition coefficient (Wildman–Crippen LogP) is 3.38. The van der Waals surface area contributed by atoms with Crippen LogP contribution in [0.3, 0.4) is 0 Å². The number of aromatic hydroxyl groups is 1. The summed E-state index contributed by atoms with van der Waals surface area (Å²) in [6, 6.07) is 2.86. The molecule has 0 saturated carbocycles. The number of hydrogen-bond donors (Lipinski definition) is 1. The molecule has 0 aliphatic carbocycles. The molecule has 0 saturated heterocycles. The summed E-state index contributed by atoms with van der Waals surface area (Å²) in [5, 5.41) is 11.0. The molecule has 1 aromatic carbocycles. The summed E-state index contributed by atoms with van der Waals surface area (Å²) in [4.78, 5) is 24.4. The summed E-state index contributed by atoms with van der Waals surface area (Å²) < 4.78 is 6.10. The van der Waals surface area contributed by atoms with Crippen molar-refractivity contribution in [1.29, 1.82) is 0 Å². The highest BCUT2D eigenvalue weighted by Crippen LogP contribution is 2.33. The molecule has 0 amide bonds. The SMILES string of the molecule is C=CCn1c(=O)c(C(=O)OCC)c(O)c2cc(Cl)c(Cl)cc21. The summed E-state index contributed by atoms with van der Waals surface area (Å²) in [5.74, 6) is -1.37. The van der Waals surface area contributed by atoms with E-state index in [0.29, 0.717) is 5.52 Å². The van der Waals surface area contributed by atoms with Gasteiger partial charge >= 0.3 is 5.97 Å². The van der Waals surface area contributed by atoms with Gasteiger partial charge in [0.2, 0.25) is 0 Å². The number of fused-ring (bicyclic) bond motifs is 1. The molecule has 0 fully saturated rings. The summed E-state index contributed by atoms with van der Waals surface area (Å²) in [6.45, 7) is 5.41. The van der Waals surface area contributed by atoms with Crippen LogP contribution in [-0.2, 0) is 11.3 Å². The van der Waals surface area contributed by atoms with Crippen molar-refractivity contribution in [3.8, 4) is 5.75 Å². The third-order valence-electron chi connectivity index (χ3n) is 3.07. The summed E-state index contributed by atoms with van der Waals surface area (Å²) in [5.41, 5.74) is -0.763. The Balaban J connectivity index is 2.94. The molecule has 1 N–H and O–H groups in total. The van der Waals surface area contributed by atoms with Gasteiger partial charge in [0.25, 0.3) is 5.56 Å². The van der Waals surface area contributed by atoms with E-state index in [-0.39, 0.29) is 28.6 Å². The van der Waals surface area contributed by atoms with Gasteiger partial charge in [-0.25, -0.2) is 4.79 Å². The van der Waals surface area contributed by atoms with Crippen LogP contribution in [0, 0.1) is 0 Å². The minimum Gasteiger partial charge on any atom is -0.506 e. The van der Waals surface area contributed by atoms with Crippen LogP contribution in [0.2, 0.25) is 10.0 Å². The average Bonchev–Trinajstić information content (AvgIpc) is 2.46. The smallest absolute Gasteiger partial charge is 0.347 e. The molecular weight excluding hydrogens is 329 g/mol. The number of allylic oxidation sites excluding steroid dienone is 1. The van der Waals surface area contributed by atoms with Crippen molar-refractivity contribution in [1.82, 2.24) is 4.57 Å². The Kier molecular flexibility index (Phi) is 4.78. The van der Waals surface area contributed by atoms with E-state index in [1.165, 1.54) is 22.8 Å². The molecule has 1 heterocycles. The number of ether oxygens (including phenoxy) is 1. The van der Waals surface area contributed by atoms with Crippen molar-refractivity contribution in [2.24, 2.45) is 0 Å². The predicted molar refractivity (Wildman–Crippen MR) is 86.0 cm³/mol. The summed E-state index contributed by atoms with van der Waals surface area (Å²) >= 11 is 11.9. The molecule has 7 heteroatoms. The van der Waals surface area contributed by atoms with Crippen LogP contribution < -0.4 is 5.56 Å². The van der Waals surface area contributed by atoms with Crippen LogP contribution in [0.15, 0.2) is 29.6 Å². The molecule has 116 valence electrons. The van der Waals surface area contributed by atoms with Gasteiger partial charge < -0.3 is 14.4 Å². The van der Waals surface area contributed by atoms with Crippen molar-refractivity contribution in [2.45, 2.75) is 13.5 Å². The van der Waals surface area contributed by atoms with Gasteiger partial charge in [-0.05, 0) is 19.1 Å². The maximum absolute atomic E-state index is 12.5. The standard InChI is InChI=1S/C15H13Cl2NO4/c1-3-5-18-11-7-10(17)9(16)6-8(11)13(19)12(14(18)20)15(21)22-4-2/h3,6-7,19H,1,4-5H2,2H3. The summed E-state index contributed by atoms with van der Waals surface area (Å²) in [6.07, 6.45) is 1.50. The first-order valence-electron chi connectivity index (χ1n) is 6.44. The topological polar surface area (TPSA) is 68.5 Å². The van der Waals surface area contributed by atoms with Crippen LogP contribution in [0.1, 0.15) is 17.3 Å². The molecule has 22 heavy (non-hydrogen) atoms. The van der Waals surface area contributed by atoms with Crippen LogP contribution in [0.5, 0.6) is 5.75 Å². The van der Waals surface area contributed by atoms with Crippen LogP contribution >= 0.6 is 23.2 Å². The van der Waals surface area contributed by atoms with Crippen LogP contribution in [-0.4, -0.2) is 22.2 Å². The number of benzene rings is 1. The minimum absolute atomic E-state index is 0.0819. The quantitative estimate of drug-likeness (QED) is 0.683. The zero-order chi connectivity index (χ0) is 16.4. The largest absolute Gasteiger partial charge is 0.506 e. The third kappa shape index (κ3) is 2.69. The number of pyridine rings is 1. The van der Waals surface area contributed by atoms with E-state index >= 15 is 0 Å². The Morgan fingerprint density at radius 3 is 2.64 bits per heavy atom. The van der Waals surface area contributed by atoms with Gasteiger partial charge in [0.15, 0.2) is 5.56 Å². The number of hydrogen-bond acceptors (Lipinski definition) is 4. The number of halogens is 2. The fraction of sp³-hybridized carbons (Fsp3) is 0.200. The lowest BCUT2D eigenvalue weighted by Gasteiger charge is -2.14. The fourth-order valence-corrected chi connectivity index (χ4v) is 2.45. The number of carbonyl (C=O) groups is 1. The highest BCUT2D eigenvalue weighted by Gasteiger charge is 2.23. The number of nitrogens with zero attached hydrogens (tertiary/aromatic N) is 1. The molecule has 2 aromatic rings. The third-order valence-corrected chi connectivity index (χ3v) is 3.79. The lowest BCUT2D eigenvalue weighted by molar-refractivity contribution is 0.0520. The second-order valence-corrected chi connectivity index (χ2v) is 5.25. The van der Waals surface area contributed by atoms with E-state index in [4.69, 9.17) is 27.9 Å². The lowest BCUT2D eigenvalue weighted by Crippen LogP contribution is -2.27. The van der Waals surface area contributed by atoms with E-state index in [2.05, 4.69) is 6.58 Å². The molecule has 0 aliphatic heterocycles. The van der Waals surface area contributed by atoms with Gasteiger partial charge in [0.1, 0.15) is 5.75 Å². The highest BCUT2D eigenvalue weighted by molar-refractivity contribution is 6.42.